The second-order valence-electron chi connectivity index (χ2n) is 3.96. The molecule has 0 aliphatic heterocycles. The van der Waals surface area contributed by atoms with Crippen molar-refractivity contribution in [2.75, 3.05) is 12.4 Å². The number of hydrogen-bond acceptors (Lipinski definition) is 4. The molecule has 19 heavy (non-hydrogen) atoms. The molecule has 0 bridgehead atoms. The molecule has 0 atom stereocenters. The summed E-state index contributed by atoms with van der Waals surface area (Å²) in [5, 5.41) is 4.34. The molecule has 1 heterocycles. The van der Waals surface area contributed by atoms with Crippen LogP contribution in [-0.2, 0) is 4.79 Å². The lowest BCUT2D eigenvalue weighted by atomic mass is 10.2. The Bertz CT molecular complexity index is 605. The van der Waals surface area contributed by atoms with Crippen molar-refractivity contribution in [3.8, 4) is 5.75 Å². The maximum atomic E-state index is 11.9. The molecule has 4 nitrogen and oxygen atoms in total. The fraction of sp³-hybridized carbons (Fsp3) is 0.143. The average Bonchev–Trinajstić information content (AvgIpc) is 2.92. The summed E-state index contributed by atoms with van der Waals surface area (Å²) in [5.74, 6) is -0.678. The molecule has 98 valence electrons. The molecule has 2 rings (SSSR count). The van der Waals surface area contributed by atoms with E-state index in [0.717, 1.165) is 5.56 Å². The minimum atomic E-state index is -0.661. The van der Waals surface area contributed by atoms with Crippen LogP contribution in [0.3, 0.4) is 0 Å². The zero-order chi connectivity index (χ0) is 13.8. The number of Topliss-reactive ketones (excluding diaryl/α,β-unsaturated/α-hetero) is 1. The van der Waals surface area contributed by atoms with Crippen LogP contribution >= 0.6 is 11.3 Å². The summed E-state index contributed by atoms with van der Waals surface area (Å²) in [4.78, 5) is 24.2. The summed E-state index contributed by atoms with van der Waals surface area (Å²) >= 11 is 1.24. The van der Waals surface area contributed by atoms with Gasteiger partial charge in [-0.3, -0.25) is 9.59 Å². The van der Waals surface area contributed by atoms with E-state index in [1.807, 2.05) is 13.0 Å². The highest BCUT2D eigenvalue weighted by Crippen LogP contribution is 2.25. The Balaban J connectivity index is 2.19. The normalized spacial score (nSPS) is 10.0. The Labute approximate surface area is 115 Å². The molecule has 0 radical (unpaired) electrons. The standard InChI is InChI=1S/C14H13NO3S/c1-9-5-6-11(18-2)10(8-9)15-14(17)13(16)12-4-3-7-19-12/h3-8H,1-2H3,(H,15,17). The quantitative estimate of drug-likeness (QED) is 0.689. The van der Waals surface area contributed by atoms with Crippen LogP contribution in [0, 0.1) is 6.92 Å². The fourth-order valence-corrected chi connectivity index (χ4v) is 2.28. The van der Waals surface area contributed by atoms with E-state index in [9.17, 15) is 9.59 Å². The van der Waals surface area contributed by atoms with E-state index in [0.29, 0.717) is 16.3 Å². The van der Waals surface area contributed by atoms with Crippen molar-refractivity contribution < 1.29 is 14.3 Å². The predicted molar refractivity (Wildman–Crippen MR) is 75.0 cm³/mol. The van der Waals surface area contributed by atoms with Crippen molar-refractivity contribution in [3.63, 3.8) is 0 Å². The molecule has 5 heteroatoms. The molecule has 0 aliphatic carbocycles. The second-order valence-corrected chi connectivity index (χ2v) is 4.91. The number of ketones is 1. The average molecular weight is 275 g/mol. The molecule has 1 aromatic heterocycles. The number of benzene rings is 1. The van der Waals surface area contributed by atoms with Crippen LogP contribution in [0.2, 0.25) is 0 Å². The molecule has 2 aromatic rings. The van der Waals surface area contributed by atoms with Crippen molar-refractivity contribution in [3.05, 3.63) is 46.2 Å². The van der Waals surface area contributed by atoms with Crippen molar-refractivity contribution >= 4 is 28.7 Å². The number of carbonyl (C=O) groups excluding carboxylic acids is 2. The smallest absolute Gasteiger partial charge is 0.297 e. The van der Waals surface area contributed by atoms with Gasteiger partial charge in [0, 0.05) is 0 Å². The lowest BCUT2D eigenvalue weighted by molar-refractivity contribution is -0.112. The van der Waals surface area contributed by atoms with Gasteiger partial charge >= 0.3 is 0 Å². The maximum absolute atomic E-state index is 11.9. The van der Waals surface area contributed by atoms with E-state index < -0.39 is 11.7 Å². The van der Waals surface area contributed by atoms with Crippen LogP contribution in [0.4, 0.5) is 5.69 Å². The summed E-state index contributed by atoms with van der Waals surface area (Å²) in [7, 11) is 1.52. The first-order chi connectivity index (χ1) is 9.11. The van der Waals surface area contributed by atoms with Gasteiger partial charge < -0.3 is 10.1 Å². The Kier molecular flexibility index (Phi) is 3.97. The number of methoxy groups -OCH3 is 1. The van der Waals surface area contributed by atoms with E-state index in [1.165, 1.54) is 18.4 Å². The number of nitrogens with one attached hydrogen (secondary N) is 1. The Morgan fingerprint density at radius 1 is 1.26 bits per heavy atom. The van der Waals surface area contributed by atoms with Crippen LogP contribution in [0.1, 0.15) is 15.2 Å². The molecule has 0 spiro atoms. The first-order valence-electron chi connectivity index (χ1n) is 5.65. The Morgan fingerprint density at radius 3 is 2.68 bits per heavy atom. The minimum Gasteiger partial charge on any atom is -0.495 e. The Hall–Kier alpha value is -2.14. The number of hydrogen-bond donors (Lipinski definition) is 1. The number of aryl methyl sites for hydroxylation is 1. The molecule has 0 aliphatic rings. The minimum absolute atomic E-state index is 0.420. The molecule has 1 aromatic carbocycles. The van der Waals surface area contributed by atoms with Gasteiger partial charge in [-0.25, -0.2) is 0 Å². The zero-order valence-electron chi connectivity index (χ0n) is 10.6. The summed E-state index contributed by atoms with van der Waals surface area (Å²) in [6.07, 6.45) is 0. The van der Waals surface area contributed by atoms with Crippen LogP contribution in [0.25, 0.3) is 0 Å². The highest BCUT2D eigenvalue weighted by molar-refractivity contribution is 7.13. The van der Waals surface area contributed by atoms with E-state index in [4.69, 9.17) is 4.74 Å². The molecule has 1 N–H and O–H groups in total. The SMILES string of the molecule is COc1ccc(C)cc1NC(=O)C(=O)c1cccs1. The molecule has 1 amide bonds. The van der Waals surface area contributed by atoms with Gasteiger partial charge in [0.15, 0.2) is 0 Å². The van der Waals surface area contributed by atoms with Crippen LogP contribution < -0.4 is 10.1 Å². The second kappa shape index (κ2) is 5.67. The van der Waals surface area contributed by atoms with Crippen molar-refractivity contribution in [1.82, 2.24) is 0 Å². The van der Waals surface area contributed by atoms with Crippen LogP contribution in [-0.4, -0.2) is 18.8 Å². The van der Waals surface area contributed by atoms with Gasteiger partial charge in [0.05, 0.1) is 17.7 Å². The lowest BCUT2D eigenvalue weighted by Gasteiger charge is -2.10. The monoisotopic (exact) mass is 275 g/mol. The van der Waals surface area contributed by atoms with Gasteiger partial charge in [-0.05, 0) is 36.1 Å². The third-order valence-electron chi connectivity index (χ3n) is 2.55. The van der Waals surface area contributed by atoms with Crippen LogP contribution in [0.5, 0.6) is 5.75 Å². The highest BCUT2D eigenvalue weighted by atomic mass is 32.1. The summed E-state index contributed by atoms with van der Waals surface area (Å²) in [6, 6.07) is 8.74. The first kappa shape index (κ1) is 13.3. The fourth-order valence-electron chi connectivity index (χ4n) is 1.62. The number of thiophene rings is 1. The molecule has 0 fully saturated rings. The van der Waals surface area contributed by atoms with Crippen molar-refractivity contribution in [1.29, 1.82) is 0 Å². The number of rotatable bonds is 4. The summed E-state index contributed by atoms with van der Waals surface area (Å²) < 4.78 is 5.15. The molecule has 0 saturated heterocycles. The molecular formula is C14H13NO3S. The van der Waals surface area contributed by atoms with Gasteiger partial charge in [-0.2, -0.15) is 0 Å². The van der Waals surface area contributed by atoms with Crippen molar-refractivity contribution in [2.24, 2.45) is 0 Å². The van der Waals surface area contributed by atoms with Gasteiger partial charge in [0.25, 0.3) is 11.7 Å². The number of amides is 1. The third-order valence-corrected chi connectivity index (χ3v) is 3.42. The summed E-state index contributed by atoms with van der Waals surface area (Å²) in [6.45, 7) is 1.90. The molecule has 0 saturated carbocycles. The van der Waals surface area contributed by atoms with E-state index >= 15 is 0 Å². The lowest BCUT2D eigenvalue weighted by Crippen LogP contribution is -2.22. The van der Waals surface area contributed by atoms with Gasteiger partial charge in [0.2, 0.25) is 0 Å². The summed E-state index contributed by atoms with van der Waals surface area (Å²) in [5.41, 5.74) is 1.47. The zero-order valence-corrected chi connectivity index (χ0v) is 11.4. The van der Waals surface area contributed by atoms with Gasteiger partial charge in [-0.15, -0.1) is 11.3 Å². The topological polar surface area (TPSA) is 55.4 Å². The van der Waals surface area contributed by atoms with E-state index in [-0.39, 0.29) is 0 Å². The Morgan fingerprint density at radius 2 is 2.05 bits per heavy atom. The molecule has 0 unspecified atom stereocenters. The number of anilines is 1. The predicted octanol–water partition coefficient (Wildman–Crippen LogP) is 2.89. The largest absolute Gasteiger partial charge is 0.495 e. The van der Waals surface area contributed by atoms with Crippen molar-refractivity contribution in [2.45, 2.75) is 6.92 Å². The van der Waals surface area contributed by atoms with E-state index in [1.54, 1.807) is 29.6 Å². The highest BCUT2D eigenvalue weighted by Gasteiger charge is 2.18. The molecular weight excluding hydrogens is 262 g/mol. The van der Waals surface area contributed by atoms with E-state index in [2.05, 4.69) is 5.32 Å². The van der Waals surface area contributed by atoms with Gasteiger partial charge in [-0.1, -0.05) is 12.1 Å². The number of ether oxygens (including phenoxy) is 1. The third kappa shape index (κ3) is 3.00. The van der Waals surface area contributed by atoms with Gasteiger partial charge in [0.1, 0.15) is 5.75 Å². The number of carbonyl (C=O) groups is 2. The first-order valence-corrected chi connectivity index (χ1v) is 6.53. The van der Waals surface area contributed by atoms with Crippen LogP contribution in [0.15, 0.2) is 35.7 Å². The maximum Gasteiger partial charge on any atom is 0.297 e.